The van der Waals surface area contributed by atoms with Gasteiger partial charge in [0, 0.05) is 0 Å². The lowest BCUT2D eigenvalue weighted by Gasteiger charge is -2.27. The van der Waals surface area contributed by atoms with Gasteiger partial charge in [0.1, 0.15) is 24.0 Å². The predicted molar refractivity (Wildman–Crippen MR) is 85.7 cm³/mol. The highest BCUT2D eigenvalue weighted by atomic mass is 16.5. The molecule has 1 aliphatic rings. The SMILES string of the molecule is C=CCOC(=O)C1=C(C)OC(N)=C(C#N)[C@@H]1c1ccccc1C. The molecule has 0 saturated carbocycles. The Morgan fingerprint density at radius 1 is 1.48 bits per heavy atom. The molecule has 118 valence electrons. The zero-order chi connectivity index (χ0) is 17.0. The minimum Gasteiger partial charge on any atom is -0.458 e. The van der Waals surface area contributed by atoms with E-state index in [0.717, 1.165) is 11.1 Å². The molecule has 0 saturated heterocycles. The molecule has 1 aromatic carbocycles. The van der Waals surface area contributed by atoms with Crippen molar-refractivity contribution in [1.29, 1.82) is 5.26 Å². The monoisotopic (exact) mass is 310 g/mol. The Morgan fingerprint density at radius 3 is 2.78 bits per heavy atom. The minimum atomic E-state index is -0.604. The third-order valence-electron chi connectivity index (χ3n) is 3.66. The van der Waals surface area contributed by atoms with Gasteiger partial charge in [-0.2, -0.15) is 5.26 Å². The zero-order valence-corrected chi connectivity index (χ0v) is 13.1. The maximum Gasteiger partial charge on any atom is 0.338 e. The van der Waals surface area contributed by atoms with Gasteiger partial charge in [0.15, 0.2) is 0 Å². The number of esters is 1. The van der Waals surface area contributed by atoms with Crippen LogP contribution >= 0.6 is 0 Å². The van der Waals surface area contributed by atoms with Gasteiger partial charge in [-0.15, -0.1) is 0 Å². The largest absolute Gasteiger partial charge is 0.458 e. The van der Waals surface area contributed by atoms with E-state index in [2.05, 4.69) is 12.6 Å². The highest BCUT2D eigenvalue weighted by Crippen LogP contribution is 2.40. The average Bonchev–Trinajstić information content (AvgIpc) is 2.52. The molecule has 0 amide bonds. The summed E-state index contributed by atoms with van der Waals surface area (Å²) in [6.07, 6.45) is 1.48. The van der Waals surface area contributed by atoms with Gasteiger partial charge in [0.2, 0.25) is 5.88 Å². The number of aryl methyl sites for hydroxylation is 1. The Bertz CT molecular complexity index is 754. The van der Waals surface area contributed by atoms with Crippen LogP contribution in [0.15, 0.2) is 59.7 Å². The molecular weight excluding hydrogens is 292 g/mol. The molecule has 2 rings (SSSR count). The number of carbonyl (C=O) groups is 1. The molecule has 1 atom stereocenters. The third-order valence-corrected chi connectivity index (χ3v) is 3.66. The Hall–Kier alpha value is -3.00. The van der Waals surface area contributed by atoms with Gasteiger partial charge in [0.05, 0.1) is 11.5 Å². The summed E-state index contributed by atoms with van der Waals surface area (Å²) in [5.41, 5.74) is 8.11. The van der Waals surface area contributed by atoms with Crippen molar-refractivity contribution < 1.29 is 14.3 Å². The van der Waals surface area contributed by atoms with Crippen LogP contribution in [0.1, 0.15) is 24.0 Å². The molecule has 0 unspecified atom stereocenters. The quantitative estimate of drug-likeness (QED) is 0.682. The molecule has 0 aliphatic carbocycles. The van der Waals surface area contributed by atoms with Crippen molar-refractivity contribution in [3.63, 3.8) is 0 Å². The van der Waals surface area contributed by atoms with E-state index in [9.17, 15) is 10.1 Å². The van der Waals surface area contributed by atoms with Gasteiger partial charge < -0.3 is 15.2 Å². The summed E-state index contributed by atoms with van der Waals surface area (Å²) in [5.74, 6) is -0.800. The lowest BCUT2D eigenvalue weighted by atomic mass is 9.81. The number of rotatable bonds is 4. The van der Waals surface area contributed by atoms with E-state index < -0.39 is 11.9 Å². The average molecular weight is 310 g/mol. The fourth-order valence-electron chi connectivity index (χ4n) is 2.58. The molecule has 1 heterocycles. The zero-order valence-electron chi connectivity index (χ0n) is 13.1. The number of benzene rings is 1. The number of nitriles is 1. The number of carbonyl (C=O) groups excluding carboxylic acids is 1. The number of nitrogens with two attached hydrogens (primary N) is 1. The molecule has 0 bridgehead atoms. The number of hydrogen-bond acceptors (Lipinski definition) is 5. The van der Waals surface area contributed by atoms with E-state index in [4.69, 9.17) is 15.2 Å². The van der Waals surface area contributed by atoms with Crippen molar-refractivity contribution in [3.8, 4) is 6.07 Å². The molecule has 23 heavy (non-hydrogen) atoms. The first-order valence-corrected chi connectivity index (χ1v) is 7.13. The Balaban J connectivity index is 2.60. The smallest absolute Gasteiger partial charge is 0.338 e. The second-order valence-electron chi connectivity index (χ2n) is 5.14. The lowest BCUT2D eigenvalue weighted by molar-refractivity contribution is -0.138. The van der Waals surface area contributed by atoms with Crippen molar-refractivity contribution >= 4 is 5.97 Å². The van der Waals surface area contributed by atoms with E-state index >= 15 is 0 Å². The van der Waals surface area contributed by atoms with E-state index in [1.54, 1.807) is 6.92 Å². The molecule has 1 aromatic rings. The summed E-state index contributed by atoms with van der Waals surface area (Å²) in [4.78, 5) is 12.4. The van der Waals surface area contributed by atoms with Gasteiger partial charge >= 0.3 is 5.97 Å². The van der Waals surface area contributed by atoms with Gasteiger partial charge in [-0.25, -0.2) is 4.79 Å². The molecule has 0 spiro atoms. The molecule has 0 radical (unpaired) electrons. The summed E-state index contributed by atoms with van der Waals surface area (Å²) < 4.78 is 10.5. The molecule has 0 fully saturated rings. The standard InChI is InChI=1S/C18H18N2O3/c1-4-9-22-18(21)15-12(3)23-17(20)14(10-19)16(15)13-8-6-5-7-11(13)2/h4-8,16H,1,9,20H2,2-3H3/t16-/m0/s1. The predicted octanol–water partition coefficient (Wildman–Crippen LogP) is 2.81. The highest BCUT2D eigenvalue weighted by molar-refractivity contribution is 5.92. The number of nitrogens with zero attached hydrogens (tertiary/aromatic N) is 1. The lowest BCUT2D eigenvalue weighted by Crippen LogP contribution is -2.26. The van der Waals surface area contributed by atoms with Crippen molar-refractivity contribution in [2.75, 3.05) is 6.61 Å². The van der Waals surface area contributed by atoms with E-state index in [0.29, 0.717) is 5.76 Å². The molecule has 5 heteroatoms. The summed E-state index contributed by atoms with van der Waals surface area (Å²) in [7, 11) is 0. The number of ether oxygens (including phenoxy) is 2. The maximum absolute atomic E-state index is 12.4. The van der Waals surface area contributed by atoms with Crippen LogP contribution in [0, 0.1) is 18.3 Å². The second kappa shape index (κ2) is 6.84. The maximum atomic E-state index is 12.4. The van der Waals surface area contributed by atoms with Crippen LogP contribution in [-0.2, 0) is 14.3 Å². The topological polar surface area (TPSA) is 85.3 Å². The van der Waals surface area contributed by atoms with Crippen LogP contribution in [0.5, 0.6) is 0 Å². The number of allylic oxidation sites excluding steroid dienone is 2. The summed E-state index contributed by atoms with van der Waals surface area (Å²) in [6.45, 7) is 7.16. The second-order valence-corrected chi connectivity index (χ2v) is 5.14. The van der Waals surface area contributed by atoms with Crippen LogP contribution in [0.2, 0.25) is 0 Å². The van der Waals surface area contributed by atoms with E-state index in [-0.39, 0.29) is 23.6 Å². The van der Waals surface area contributed by atoms with Crippen LogP contribution in [-0.4, -0.2) is 12.6 Å². The van der Waals surface area contributed by atoms with Gasteiger partial charge in [-0.05, 0) is 25.0 Å². The van der Waals surface area contributed by atoms with Crippen LogP contribution in [0.4, 0.5) is 0 Å². The normalized spacial score (nSPS) is 17.3. The molecule has 5 nitrogen and oxygen atoms in total. The van der Waals surface area contributed by atoms with Crippen molar-refractivity contribution in [2.45, 2.75) is 19.8 Å². The summed E-state index contributed by atoms with van der Waals surface area (Å²) in [6, 6.07) is 9.58. The Morgan fingerprint density at radius 2 is 2.17 bits per heavy atom. The van der Waals surface area contributed by atoms with E-state index in [1.165, 1.54) is 6.08 Å². The van der Waals surface area contributed by atoms with Crippen molar-refractivity contribution in [2.24, 2.45) is 5.73 Å². The van der Waals surface area contributed by atoms with Crippen molar-refractivity contribution in [1.82, 2.24) is 0 Å². The Labute approximate surface area is 135 Å². The molecule has 0 aromatic heterocycles. The minimum absolute atomic E-state index is 0.0125. The molecular formula is C18H18N2O3. The highest BCUT2D eigenvalue weighted by Gasteiger charge is 2.36. The first-order chi connectivity index (χ1) is 11.0. The first-order valence-electron chi connectivity index (χ1n) is 7.13. The molecule has 2 N–H and O–H groups in total. The Kier molecular flexibility index (Phi) is 4.87. The third kappa shape index (κ3) is 3.11. The van der Waals surface area contributed by atoms with Crippen LogP contribution in [0.3, 0.4) is 0 Å². The van der Waals surface area contributed by atoms with Crippen molar-refractivity contribution in [3.05, 3.63) is 70.8 Å². The van der Waals surface area contributed by atoms with Crippen LogP contribution < -0.4 is 5.73 Å². The van der Waals surface area contributed by atoms with Gasteiger partial charge in [-0.1, -0.05) is 36.9 Å². The summed E-state index contributed by atoms with van der Waals surface area (Å²) in [5, 5.41) is 9.49. The fraction of sp³-hybridized carbons (Fsp3) is 0.222. The fourth-order valence-corrected chi connectivity index (χ4v) is 2.58. The van der Waals surface area contributed by atoms with E-state index in [1.807, 2.05) is 31.2 Å². The van der Waals surface area contributed by atoms with Gasteiger partial charge in [0.25, 0.3) is 0 Å². The van der Waals surface area contributed by atoms with Gasteiger partial charge in [-0.3, -0.25) is 0 Å². The first kappa shape index (κ1) is 16.4. The summed E-state index contributed by atoms with van der Waals surface area (Å²) >= 11 is 0. The molecule has 1 aliphatic heterocycles. The van der Waals surface area contributed by atoms with Crippen LogP contribution in [0.25, 0.3) is 0 Å². The number of hydrogen-bond donors (Lipinski definition) is 1.